The van der Waals surface area contributed by atoms with Crippen LogP contribution in [-0.4, -0.2) is 330 Å². The minimum Gasteiger partial charge on any atom is -0.506 e. The highest BCUT2D eigenvalue weighted by Crippen LogP contribution is 2.29. The van der Waals surface area contributed by atoms with Crippen molar-refractivity contribution in [3.05, 3.63) is 34.6 Å². The molecule has 1 aliphatic rings. The summed E-state index contributed by atoms with van der Waals surface area (Å²) in [4.78, 5) is 0. The molecule has 1 aliphatic heterocycles. The Balaban J connectivity index is 4.03. The van der Waals surface area contributed by atoms with E-state index in [2.05, 4.69) is 0 Å². The standard InChI is InChI=1S/C48H82Cl8O32/c49-9-1-17-25(57)33(65)42(74)82-19(3-11-51)27(59)35(67)44(76)84-21(5-13-53)29(61)37(69)46(78)86-23(7-15-55)31(63)39(71)48(80)88-24(8-16-56)32(64)40(72)47(79)87-22(6-14-54)30(62)38(70)45(77)85-20(4-12-52)28(60)36(68)43(75)83-18(2-10-50)26(58)34(66)41(73)81-17/h17-27,30,32-35,38,40-48,57-80H,1-16H2. The van der Waals surface area contributed by atoms with E-state index in [0.717, 1.165) is 0 Å². The molecule has 0 bridgehead atoms. The average Bonchev–Trinajstić information content (AvgIpc) is 3.29. The predicted octanol–water partition coefficient (Wildman–Crippen LogP) is -2.75. The van der Waals surface area contributed by atoms with Gasteiger partial charge in [0.25, 0.3) is 0 Å². The van der Waals surface area contributed by atoms with Crippen molar-refractivity contribution in [2.45, 2.75) is 212 Å². The highest BCUT2D eigenvalue weighted by molar-refractivity contribution is 6.19. The fourth-order valence-corrected chi connectivity index (χ4v) is 9.68. The first kappa shape index (κ1) is 85.3. The predicted molar refractivity (Wildman–Crippen MR) is 307 cm³/mol. The fourth-order valence-electron chi connectivity index (χ4n) is 8.01. The Morgan fingerprint density at radius 1 is 0.205 bits per heavy atom. The molecule has 0 aliphatic carbocycles. The van der Waals surface area contributed by atoms with Crippen molar-refractivity contribution in [1.82, 2.24) is 0 Å². The van der Waals surface area contributed by atoms with Gasteiger partial charge in [-0.05, 0) is 51.4 Å². The van der Waals surface area contributed by atoms with Crippen LogP contribution in [-0.2, 0) is 37.9 Å². The minimum absolute atomic E-state index is 0.445. The monoisotopic (exact) mass is 1450 g/mol. The molecule has 0 amide bonds. The molecule has 0 saturated heterocycles. The Morgan fingerprint density at radius 2 is 0.375 bits per heavy atom. The van der Waals surface area contributed by atoms with Gasteiger partial charge < -0.3 is 160 Å². The van der Waals surface area contributed by atoms with Crippen molar-refractivity contribution in [2.24, 2.45) is 0 Å². The molecular formula is C48H82Cl8O32. The first-order valence-corrected chi connectivity index (χ1v) is 30.9. The van der Waals surface area contributed by atoms with Crippen LogP contribution in [0, 0.1) is 0 Å². The summed E-state index contributed by atoms with van der Waals surface area (Å²) in [5.74, 6) is -12.6. The van der Waals surface area contributed by atoms with Gasteiger partial charge in [-0.1, -0.05) is 0 Å². The SMILES string of the molecule is OC1=C(O)C(CCCl)OC(O)C(O)=C(O)C(CCCl)OC(O)C(O)C(O)C(CCCl)OC(O)C(O)C(O)C(CCCl)OC(O)C(O)C(O)C(CCCl)OC(O)C(O)=C(O)C(CCCl)OC(O)C(O)C(O)C(CCCl)OC(O)C(O)C(O)C(CCCl)OC1O. The van der Waals surface area contributed by atoms with Gasteiger partial charge in [-0.15, -0.1) is 92.8 Å². The zero-order valence-corrected chi connectivity index (χ0v) is 52.4. The number of ether oxygens (including phenoxy) is 8. The number of halogens is 8. The van der Waals surface area contributed by atoms with Crippen LogP contribution in [0.5, 0.6) is 0 Å². The molecule has 26 unspecified atom stereocenters. The van der Waals surface area contributed by atoms with Gasteiger partial charge in [0.2, 0.25) is 18.9 Å². The van der Waals surface area contributed by atoms with E-state index in [1.54, 1.807) is 0 Å². The van der Waals surface area contributed by atoms with E-state index < -0.39 is 293 Å². The Bertz CT molecular complexity index is 2000. The molecule has 1 rings (SSSR count). The maximum Gasteiger partial charge on any atom is 0.218 e. The van der Waals surface area contributed by atoms with E-state index in [1.807, 2.05) is 0 Å². The first-order chi connectivity index (χ1) is 41.3. The number of aliphatic hydroxyl groups is 24. The molecule has 0 spiro atoms. The van der Waals surface area contributed by atoms with Crippen LogP contribution < -0.4 is 0 Å². The Labute approximate surface area is 543 Å². The van der Waals surface area contributed by atoms with Gasteiger partial charge in [-0.2, -0.15) is 0 Å². The van der Waals surface area contributed by atoms with Crippen molar-refractivity contribution >= 4 is 92.8 Å². The molecule has 32 nitrogen and oxygen atoms in total. The van der Waals surface area contributed by atoms with E-state index in [0.29, 0.717) is 0 Å². The smallest absolute Gasteiger partial charge is 0.218 e. The van der Waals surface area contributed by atoms with Gasteiger partial charge in [0.1, 0.15) is 79.4 Å². The second-order valence-electron chi connectivity index (χ2n) is 19.3. The van der Waals surface area contributed by atoms with Crippen LogP contribution >= 0.6 is 92.8 Å². The van der Waals surface area contributed by atoms with Crippen molar-refractivity contribution in [3.63, 3.8) is 0 Å². The van der Waals surface area contributed by atoms with Crippen molar-refractivity contribution in [2.75, 3.05) is 47.0 Å². The number of hydrogen-bond donors (Lipinski definition) is 24. The van der Waals surface area contributed by atoms with Gasteiger partial charge >= 0.3 is 0 Å². The lowest BCUT2D eigenvalue weighted by atomic mass is 10.0. The maximum absolute atomic E-state index is 11.1. The highest BCUT2D eigenvalue weighted by Gasteiger charge is 2.44. The van der Waals surface area contributed by atoms with E-state index in [4.69, 9.17) is 131 Å². The molecule has 522 valence electrons. The third-order valence-corrected chi connectivity index (χ3v) is 14.8. The fraction of sp³-hybridized carbons (Fsp3) is 0.875. The number of alkyl halides is 8. The molecule has 0 fully saturated rings. The molecule has 0 aromatic rings. The second kappa shape index (κ2) is 44.1. The lowest BCUT2D eigenvalue weighted by Gasteiger charge is -2.36. The maximum atomic E-state index is 11.1. The summed E-state index contributed by atoms with van der Waals surface area (Å²) >= 11 is 46.8. The van der Waals surface area contributed by atoms with Crippen LogP contribution in [0.25, 0.3) is 0 Å². The molecule has 1 heterocycles. The molecule has 0 radical (unpaired) electrons. The van der Waals surface area contributed by atoms with Gasteiger partial charge in [0.05, 0.1) is 30.5 Å². The van der Waals surface area contributed by atoms with Crippen LogP contribution in [0.3, 0.4) is 0 Å². The van der Waals surface area contributed by atoms with Gasteiger partial charge in [-0.3, -0.25) is 0 Å². The first-order valence-electron chi connectivity index (χ1n) is 26.6. The van der Waals surface area contributed by atoms with Gasteiger partial charge in [0.15, 0.2) is 66.0 Å². The highest BCUT2D eigenvalue weighted by atomic mass is 35.5. The molecule has 24 N–H and O–H groups in total. The second-order valence-corrected chi connectivity index (χ2v) is 22.3. The lowest BCUT2D eigenvalue weighted by molar-refractivity contribution is -0.276. The zero-order valence-electron chi connectivity index (χ0n) is 46.3. The van der Waals surface area contributed by atoms with Crippen molar-refractivity contribution in [1.29, 1.82) is 0 Å². The molecular weight excluding hydrogens is 1370 g/mol. The summed E-state index contributed by atoms with van der Waals surface area (Å²) in [5, 5.41) is 264. The summed E-state index contributed by atoms with van der Waals surface area (Å²) in [5.41, 5.74) is 0. The number of aliphatic hydroxyl groups excluding tert-OH is 24. The summed E-state index contributed by atoms with van der Waals surface area (Å²) in [6.45, 7) is 0. The number of rotatable bonds is 16. The molecule has 0 saturated carbocycles. The molecule has 0 aromatic heterocycles. The molecule has 88 heavy (non-hydrogen) atoms. The van der Waals surface area contributed by atoms with Crippen LogP contribution in [0.1, 0.15) is 51.4 Å². The quantitative estimate of drug-likeness (QED) is 0.0697. The summed E-state index contributed by atoms with van der Waals surface area (Å²) in [6.07, 6.45) is -66.2. The van der Waals surface area contributed by atoms with Crippen LogP contribution in [0.2, 0.25) is 0 Å². The third kappa shape index (κ3) is 26.5. The normalized spacial score (nSPS) is 39.8. The molecule has 26 atom stereocenters. The molecule has 40 heteroatoms. The minimum atomic E-state index is -2.75. The topological polar surface area (TPSA) is 559 Å². The zero-order chi connectivity index (χ0) is 67.4. The largest absolute Gasteiger partial charge is 0.506 e. The summed E-state index contributed by atoms with van der Waals surface area (Å²) < 4.78 is 42.0. The van der Waals surface area contributed by atoms with Crippen molar-refractivity contribution in [3.8, 4) is 0 Å². The Hall–Kier alpha value is -0.700. The average molecular weight is 1450 g/mol. The van der Waals surface area contributed by atoms with E-state index >= 15 is 0 Å². The summed E-state index contributed by atoms with van der Waals surface area (Å²) in [7, 11) is 0. The summed E-state index contributed by atoms with van der Waals surface area (Å²) in [6, 6.07) is 0. The van der Waals surface area contributed by atoms with Crippen LogP contribution in [0.4, 0.5) is 0 Å². The van der Waals surface area contributed by atoms with Gasteiger partial charge in [0, 0.05) is 47.0 Å². The van der Waals surface area contributed by atoms with E-state index in [1.165, 1.54) is 0 Å². The number of hydrogen-bond acceptors (Lipinski definition) is 32. The Morgan fingerprint density at radius 3 is 0.580 bits per heavy atom. The van der Waals surface area contributed by atoms with Gasteiger partial charge in [-0.25, -0.2) is 0 Å². The molecule has 0 aromatic carbocycles. The van der Waals surface area contributed by atoms with E-state index in [9.17, 15) is 123 Å². The lowest BCUT2D eigenvalue weighted by Crippen LogP contribution is -2.54. The Kier molecular flexibility index (Phi) is 42.8. The van der Waals surface area contributed by atoms with Crippen LogP contribution in [0.15, 0.2) is 34.6 Å². The third-order valence-electron chi connectivity index (χ3n) is 13.1. The van der Waals surface area contributed by atoms with E-state index in [-0.39, 0.29) is 0 Å². The van der Waals surface area contributed by atoms with Crippen molar-refractivity contribution < 1.29 is 160 Å².